The van der Waals surface area contributed by atoms with Crippen molar-refractivity contribution in [1.29, 1.82) is 0 Å². The molecule has 0 aliphatic rings. The lowest BCUT2D eigenvalue weighted by molar-refractivity contribution is 0.589. The van der Waals surface area contributed by atoms with Crippen LogP contribution in [0.1, 0.15) is 5.56 Å². The first kappa shape index (κ1) is 15.6. The van der Waals surface area contributed by atoms with Gasteiger partial charge in [-0.3, -0.25) is 4.98 Å². The molecular weight excluding hydrogens is 366 g/mol. The molecule has 0 aliphatic heterocycles. The SMILES string of the molecule is Clc1nc(-c2ccncc2)oc1-c1ccc(C(Cl)(Cl)Cl)cc1. The third-order valence-corrected chi connectivity index (χ3v) is 3.90. The van der Waals surface area contributed by atoms with E-state index in [0.29, 0.717) is 17.2 Å². The maximum absolute atomic E-state index is 6.16. The molecule has 3 aromatic rings. The van der Waals surface area contributed by atoms with Gasteiger partial charge in [-0.1, -0.05) is 70.7 Å². The van der Waals surface area contributed by atoms with Gasteiger partial charge in [-0.2, -0.15) is 4.98 Å². The van der Waals surface area contributed by atoms with Crippen molar-refractivity contribution in [3.8, 4) is 22.8 Å². The molecule has 0 aliphatic carbocycles. The van der Waals surface area contributed by atoms with E-state index >= 15 is 0 Å². The summed E-state index contributed by atoms with van der Waals surface area (Å²) in [7, 11) is 0. The second-order valence-electron chi connectivity index (χ2n) is 4.45. The lowest BCUT2D eigenvalue weighted by atomic mass is 10.1. The summed E-state index contributed by atoms with van der Waals surface area (Å²) in [5, 5.41) is 0.272. The molecular formula is C15H8Cl4N2O. The second-order valence-corrected chi connectivity index (χ2v) is 7.09. The van der Waals surface area contributed by atoms with Crippen molar-refractivity contribution < 1.29 is 4.42 Å². The summed E-state index contributed by atoms with van der Waals surface area (Å²) in [5.41, 5.74) is 2.10. The fourth-order valence-electron chi connectivity index (χ4n) is 1.91. The fraction of sp³-hybridized carbons (Fsp3) is 0.0667. The fourth-order valence-corrected chi connectivity index (χ4v) is 2.51. The normalized spacial score (nSPS) is 11.6. The first-order chi connectivity index (χ1) is 10.4. The standard InChI is InChI=1S/C15H8Cl4N2O/c16-13-12(9-1-3-11(4-2-9)15(17,18)19)22-14(21-13)10-5-7-20-8-6-10/h1-8H. The van der Waals surface area contributed by atoms with Crippen LogP contribution in [0.5, 0.6) is 0 Å². The van der Waals surface area contributed by atoms with E-state index in [4.69, 9.17) is 50.8 Å². The van der Waals surface area contributed by atoms with Crippen LogP contribution in [0.4, 0.5) is 0 Å². The molecule has 1 aromatic carbocycles. The summed E-state index contributed by atoms with van der Waals surface area (Å²) < 4.78 is 4.28. The molecule has 3 rings (SSSR count). The van der Waals surface area contributed by atoms with Crippen LogP contribution in [0.2, 0.25) is 5.15 Å². The zero-order chi connectivity index (χ0) is 15.7. The molecule has 0 amide bonds. The van der Waals surface area contributed by atoms with Gasteiger partial charge in [0.15, 0.2) is 10.9 Å². The van der Waals surface area contributed by atoms with Gasteiger partial charge in [0.1, 0.15) is 0 Å². The number of nitrogens with zero attached hydrogens (tertiary/aromatic N) is 2. The Morgan fingerprint density at radius 1 is 0.864 bits per heavy atom. The number of alkyl halides is 3. The van der Waals surface area contributed by atoms with Crippen LogP contribution in [0, 0.1) is 0 Å². The Labute approximate surface area is 146 Å². The highest BCUT2D eigenvalue weighted by molar-refractivity contribution is 6.66. The van der Waals surface area contributed by atoms with Crippen molar-refractivity contribution >= 4 is 46.4 Å². The zero-order valence-corrected chi connectivity index (χ0v) is 14.0. The molecule has 0 bridgehead atoms. The average Bonchev–Trinajstić information content (AvgIpc) is 2.89. The summed E-state index contributed by atoms with van der Waals surface area (Å²) in [6, 6.07) is 10.5. The van der Waals surface area contributed by atoms with Crippen LogP contribution in [0.15, 0.2) is 53.2 Å². The highest BCUT2D eigenvalue weighted by atomic mass is 35.6. The summed E-state index contributed by atoms with van der Waals surface area (Å²) in [6.45, 7) is 0. The van der Waals surface area contributed by atoms with Crippen LogP contribution in [0.25, 0.3) is 22.8 Å². The number of halogens is 4. The van der Waals surface area contributed by atoms with E-state index in [9.17, 15) is 0 Å². The Balaban J connectivity index is 1.98. The van der Waals surface area contributed by atoms with Crippen molar-refractivity contribution in [3.05, 3.63) is 59.5 Å². The van der Waals surface area contributed by atoms with Crippen LogP contribution in [-0.4, -0.2) is 9.97 Å². The minimum absolute atomic E-state index is 0.272. The summed E-state index contributed by atoms with van der Waals surface area (Å²) >= 11 is 23.7. The molecule has 0 atom stereocenters. The molecule has 0 N–H and O–H groups in total. The van der Waals surface area contributed by atoms with Crippen molar-refractivity contribution in [2.75, 3.05) is 0 Å². The Kier molecular flexibility index (Phi) is 4.33. The molecule has 7 heteroatoms. The zero-order valence-electron chi connectivity index (χ0n) is 10.9. The van der Waals surface area contributed by atoms with Gasteiger partial charge in [-0.05, 0) is 12.1 Å². The average molecular weight is 374 g/mol. The van der Waals surface area contributed by atoms with Gasteiger partial charge in [0.25, 0.3) is 0 Å². The Morgan fingerprint density at radius 3 is 2.09 bits per heavy atom. The Morgan fingerprint density at radius 2 is 1.50 bits per heavy atom. The molecule has 3 nitrogen and oxygen atoms in total. The van der Waals surface area contributed by atoms with Crippen LogP contribution in [0.3, 0.4) is 0 Å². The first-order valence-corrected chi connectivity index (χ1v) is 7.71. The minimum atomic E-state index is -1.47. The Bertz CT molecular complexity index is 780. The van der Waals surface area contributed by atoms with E-state index in [1.807, 2.05) is 0 Å². The molecule has 0 radical (unpaired) electrons. The summed E-state index contributed by atoms with van der Waals surface area (Å²) in [4.78, 5) is 8.17. The van der Waals surface area contributed by atoms with Gasteiger partial charge in [-0.15, -0.1) is 0 Å². The van der Waals surface area contributed by atoms with Gasteiger partial charge in [-0.25, -0.2) is 0 Å². The number of oxazole rings is 1. The number of benzene rings is 1. The highest BCUT2D eigenvalue weighted by Crippen LogP contribution is 2.39. The number of hydrogen-bond acceptors (Lipinski definition) is 3. The largest absolute Gasteiger partial charge is 0.434 e. The second kappa shape index (κ2) is 6.09. The third-order valence-electron chi connectivity index (χ3n) is 2.99. The van der Waals surface area contributed by atoms with Crippen molar-refractivity contribution in [3.63, 3.8) is 0 Å². The molecule has 0 unspecified atom stereocenters. The molecule has 112 valence electrons. The van der Waals surface area contributed by atoms with Crippen LogP contribution >= 0.6 is 46.4 Å². The highest BCUT2D eigenvalue weighted by Gasteiger charge is 2.23. The van der Waals surface area contributed by atoms with Gasteiger partial charge in [0.05, 0.1) is 0 Å². The van der Waals surface area contributed by atoms with E-state index in [-0.39, 0.29) is 5.15 Å². The van der Waals surface area contributed by atoms with Gasteiger partial charge in [0, 0.05) is 29.1 Å². The smallest absolute Gasteiger partial charge is 0.228 e. The molecule has 0 saturated heterocycles. The van der Waals surface area contributed by atoms with E-state index < -0.39 is 3.79 Å². The number of aromatic nitrogens is 2. The lowest BCUT2D eigenvalue weighted by Crippen LogP contribution is -1.98. The van der Waals surface area contributed by atoms with Crippen molar-refractivity contribution in [2.45, 2.75) is 3.79 Å². The monoisotopic (exact) mass is 372 g/mol. The summed E-state index contributed by atoms with van der Waals surface area (Å²) in [5.74, 6) is 0.886. The van der Waals surface area contributed by atoms with Crippen molar-refractivity contribution in [1.82, 2.24) is 9.97 Å². The topological polar surface area (TPSA) is 38.9 Å². The minimum Gasteiger partial charge on any atom is -0.434 e. The molecule has 2 aromatic heterocycles. The number of hydrogen-bond donors (Lipinski definition) is 0. The van der Waals surface area contributed by atoms with Crippen molar-refractivity contribution in [2.24, 2.45) is 0 Å². The number of pyridine rings is 1. The molecule has 0 fully saturated rings. The lowest BCUT2D eigenvalue weighted by Gasteiger charge is -2.10. The van der Waals surface area contributed by atoms with Crippen LogP contribution < -0.4 is 0 Å². The van der Waals surface area contributed by atoms with E-state index in [0.717, 1.165) is 11.1 Å². The van der Waals surface area contributed by atoms with Crippen LogP contribution in [-0.2, 0) is 3.79 Å². The first-order valence-electron chi connectivity index (χ1n) is 6.19. The van der Waals surface area contributed by atoms with Gasteiger partial charge in [0.2, 0.25) is 9.68 Å². The maximum atomic E-state index is 6.16. The number of rotatable bonds is 2. The molecule has 22 heavy (non-hydrogen) atoms. The van der Waals surface area contributed by atoms with Gasteiger partial charge >= 0.3 is 0 Å². The Hall–Kier alpha value is -1.26. The predicted octanol–water partition coefficient (Wildman–Crippen LogP) is 5.88. The van der Waals surface area contributed by atoms with E-state index in [1.54, 1.807) is 48.8 Å². The third kappa shape index (κ3) is 3.23. The molecule has 2 heterocycles. The van der Waals surface area contributed by atoms with E-state index in [1.165, 1.54) is 0 Å². The van der Waals surface area contributed by atoms with E-state index in [2.05, 4.69) is 9.97 Å². The quantitative estimate of drug-likeness (QED) is 0.526. The predicted molar refractivity (Wildman–Crippen MR) is 89.4 cm³/mol. The molecule has 0 saturated carbocycles. The molecule has 0 spiro atoms. The summed E-state index contributed by atoms with van der Waals surface area (Å²) in [6.07, 6.45) is 3.31. The van der Waals surface area contributed by atoms with Gasteiger partial charge < -0.3 is 4.42 Å². The maximum Gasteiger partial charge on any atom is 0.228 e.